The number of carbonyl (C=O) groups excluding carboxylic acids is 1. The first kappa shape index (κ1) is 18.8. The van der Waals surface area contributed by atoms with E-state index in [0.29, 0.717) is 23.8 Å². The van der Waals surface area contributed by atoms with Crippen LogP contribution in [0.25, 0.3) is 0 Å². The van der Waals surface area contributed by atoms with Gasteiger partial charge in [-0.3, -0.25) is 14.7 Å². The van der Waals surface area contributed by atoms with Crippen LogP contribution in [0.2, 0.25) is 0 Å². The Kier molecular flexibility index (Phi) is 5.12. The van der Waals surface area contributed by atoms with Crippen molar-refractivity contribution >= 4 is 5.91 Å². The van der Waals surface area contributed by atoms with E-state index in [9.17, 15) is 4.79 Å². The third-order valence-corrected chi connectivity index (χ3v) is 7.10. The molecule has 0 unspecified atom stereocenters. The highest BCUT2D eigenvalue weighted by atomic mass is 16.2. The van der Waals surface area contributed by atoms with E-state index in [4.69, 9.17) is 0 Å². The lowest BCUT2D eigenvalue weighted by Gasteiger charge is -2.47. The number of hydrogen-bond donors (Lipinski definition) is 0. The van der Waals surface area contributed by atoms with Crippen molar-refractivity contribution in [3.8, 4) is 0 Å². The van der Waals surface area contributed by atoms with Crippen molar-refractivity contribution in [2.75, 3.05) is 26.2 Å². The molecule has 0 atom stereocenters. The van der Waals surface area contributed by atoms with Gasteiger partial charge in [0.2, 0.25) is 5.91 Å². The molecule has 6 nitrogen and oxygen atoms in total. The molecule has 2 aliphatic heterocycles. The third kappa shape index (κ3) is 4.22. The van der Waals surface area contributed by atoms with Crippen LogP contribution in [0.4, 0.5) is 0 Å². The van der Waals surface area contributed by atoms with E-state index in [1.165, 1.54) is 31.4 Å². The lowest BCUT2D eigenvalue weighted by Crippen LogP contribution is -2.51. The van der Waals surface area contributed by atoms with Crippen LogP contribution in [-0.2, 0) is 17.8 Å². The van der Waals surface area contributed by atoms with Gasteiger partial charge in [-0.15, -0.1) is 0 Å². The van der Waals surface area contributed by atoms with E-state index >= 15 is 0 Å². The fourth-order valence-corrected chi connectivity index (χ4v) is 5.06. The molecule has 5 rings (SSSR count). The number of amides is 1. The monoisotopic (exact) mass is 393 g/mol. The van der Waals surface area contributed by atoms with Crippen LogP contribution in [0.1, 0.15) is 56.0 Å². The standard InChI is InChI=1S/C23H31N5O/c29-22-6-8-23(17-27(22)12-7-19-3-1-2-11-25-19)9-13-26(14-10-23)16-21-15-24-18-28(21)20-4-5-20/h1-3,11,15,18,20H,4-10,12-14,16-17H2. The number of imidazole rings is 1. The smallest absolute Gasteiger partial charge is 0.222 e. The summed E-state index contributed by atoms with van der Waals surface area (Å²) in [5.41, 5.74) is 2.74. The molecule has 6 heteroatoms. The van der Waals surface area contributed by atoms with E-state index in [0.717, 1.165) is 51.3 Å². The van der Waals surface area contributed by atoms with Crippen LogP contribution in [0, 0.1) is 5.41 Å². The molecule has 2 aromatic rings. The first-order valence-corrected chi connectivity index (χ1v) is 11.1. The van der Waals surface area contributed by atoms with Crippen LogP contribution in [0.5, 0.6) is 0 Å². The minimum atomic E-state index is 0.311. The van der Waals surface area contributed by atoms with Gasteiger partial charge in [-0.1, -0.05) is 6.07 Å². The Morgan fingerprint density at radius 3 is 2.76 bits per heavy atom. The van der Waals surface area contributed by atoms with E-state index in [-0.39, 0.29) is 0 Å². The summed E-state index contributed by atoms with van der Waals surface area (Å²) in [7, 11) is 0. The molecule has 0 radical (unpaired) electrons. The molecule has 2 aromatic heterocycles. The number of carbonyl (C=O) groups is 1. The number of pyridine rings is 1. The molecule has 29 heavy (non-hydrogen) atoms. The number of rotatable bonds is 6. The summed E-state index contributed by atoms with van der Waals surface area (Å²) in [4.78, 5) is 26.0. The highest BCUT2D eigenvalue weighted by molar-refractivity contribution is 5.77. The van der Waals surface area contributed by atoms with Gasteiger partial charge in [0.1, 0.15) is 0 Å². The molecule has 3 aliphatic rings. The average molecular weight is 394 g/mol. The van der Waals surface area contributed by atoms with Crippen LogP contribution >= 0.6 is 0 Å². The predicted molar refractivity (Wildman–Crippen MR) is 111 cm³/mol. The summed E-state index contributed by atoms with van der Waals surface area (Å²) in [5.74, 6) is 0.322. The first-order valence-electron chi connectivity index (χ1n) is 11.1. The van der Waals surface area contributed by atoms with Crippen molar-refractivity contribution in [3.63, 3.8) is 0 Å². The van der Waals surface area contributed by atoms with E-state index in [1.54, 1.807) is 0 Å². The molecule has 0 aromatic carbocycles. The number of likely N-dealkylation sites (tertiary alicyclic amines) is 2. The minimum Gasteiger partial charge on any atom is -0.342 e. The molecule has 2 saturated heterocycles. The molecule has 3 fully saturated rings. The zero-order valence-corrected chi connectivity index (χ0v) is 17.2. The molecule has 0 bridgehead atoms. The topological polar surface area (TPSA) is 54.3 Å². The second kappa shape index (κ2) is 7.90. The lowest BCUT2D eigenvalue weighted by atomic mass is 9.72. The summed E-state index contributed by atoms with van der Waals surface area (Å²) in [6.07, 6.45) is 13.5. The zero-order valence-electron chi connectivity index (χ0n) is 17.2. The van der Waals surface area contributed by atoms with Gasteiger partial charge in [-0.25, -0.2) is 4.98 Å². The van der Waals surface area contributed by atoms with Gasteiger partial charge in [0.05, 0.1) is 12.0 Å². The van der Waals surface area contributed by atoms with Crippen molar-refractivity contribution in [1.29, 1.82) is 0 Å². The zero-order chi connectivity index (χ0) is 19.7. The Balaban J connectivity index is 1.16. The molecular formula is C23H31N5O. The maximum atomic E-state index is 12.5. The molecule has 1 spiro atoms. The maximum absolute atomic E-state index is 12.5. The fourth-order valence-electron chi connectivity index (χ4n) is 5.06. The van der Waals surface area contributed by atoms with Gasteiger partial charge in [-0.05, 0) is 62.7 Å². The lowest BCUT2D eigenvalue weighted by molar-refractivity contribution is -0.139. The van der Waals surface area contributed by atoms with E-state index < -0.39 is 0 Å². The Morgan fingerprint density at radius 2 is 2.00 bits per heavy atom. The summed E-state index contributed by atoms with van der Waals surface area (Å²) < 4.78 is 2.38. The Labute approximate surface area is 172 Å². The van der Waals surface area contributed by atoms with Crippen LogP contribution in [-0.4, -0.2) is 56.4 Å². The van der Waals surface area contributed by atoms with Gasteiger partial charge >= 0.3 is 0 Å². The van der Waals surface area contributed by atoms with Crippen LogP contribution in [0.3, 0.4) is 0 Å². The highest BCUT2D eigenvalue weighted by Crippen LogP contribution is 2.41. The van der Waals surface area contributed by atoms with Gasteiger partial charge in [0, 0.05) is 56.6 Å². The van der Waals surface area contributed by atoms with E-state index in [1.807, 2.05) is 30.9 Å². The fraction of sp³-hybridized carbons (Fsp3) is 0.609. The van der Waals surface area contributed by atoms with Crippen molar-refractivity contribution in [2.24, 2.45) is 5.41 Å². The van der Waals surface area contributed by atoms with Crippen LogP contribution < -0.4 is 0 Å². The normalized spacial score (nSPS) is 22.3. The molecule has 0 N–H and O–H groups in total. The molecule has 4 heterocycles. The van der Waals surface area contributed by atoms with Crippen molar-refractivity contribution in [2.45, 2.75) is 57.5 Å². The average Bonchev–Trinajstić information content (AvgIpc) is 3.50. The molecule has 1 saturated carbocycles. The highest BCUT2D eigenvalue weighted by Gasteiger charge is 2.41. The SMILES string of the molecule is O=C1CCC2(CCN(Cc3cncn3C3CC3)CC2)CN1CCc1ccccn1. The summed E-state index contributed by atoms with van der Waals surface area (Å²) in [6, 6.07) is 6.71. The van der Waals surface area contributed by atoms with Gasteiger partial charge in [0.15, 0.2) is 0 Å². The Hall–Kier alpha value is -2.21. The first-order chi connectivity index (χ1) is 14.2. The number of aromatic nitrogens is 3. The maximum Gasteiger partial charge on any atom is 0.222 e. The number of piperidine rings is 2. The van der Waals surface area contributed by atoms with Crippen molar-refractivity contribution < 1.29 is 4.79 Å². The van der Waals surface area contributed by atoms with Gasteiger partial charge in [0.25, 0.3) is 0 Å². The quantitative estimate of drug-likeness (QED) is 0.757. The van der Waals surface area contributed by atoms with Crippen LogP contribution in [0.15, 0.2) is 36.9 Å². The molecule has 1 amide bonds. The van der Waals surface area contributed by atoms with Crippen molar-refractivity contribution in [3.05, 3.63) is 48.3 Å². The summed E-state index contributed by atoms with van der Waals surface area (Å²) in [5, 5.41) is 0. The largest absolute Gasteiger partial charge is 0.342 e. The van der Waals surface area contributed by atoms with Gasteiger partial charge in [-0.2, -0.15) is 0 Å². The number of hydrogen-bond acceptors (Lipinski definition) is 4. The molecular weight excluding hydrogens is 362 g/mol. The second-order valence-corrected chi connectivity index (χ2v) is 9.19. The molecule has 154 valence electrons. The Morgan fingerprint density at radius 1 is 1.14 bits per heavy atom. The Bertz CT molecular complexity index is 836. The minimum absolute atomic E-state index is 0.311. The predicted octanol–water partition coefficient (Wildman–Crippen LogP) is 3.06. The molecule has 1 aliphatic carbocycles. The van der Waals surface area contributed by atoms with E-state index in [2.05, 4.69) is 30.4 Å². The third-order valence-electron chi connectivity index (χ3n) is 7.10. The summed E-state index contributed by atoms with van der Waals surface area (Å²) >= 11 is 0. The van der Waals surface area contributed by atoms with Gasteiger partial charge < -0.3 is 9.47 Å². The number of nitrogens with zero attached hydrogens (tertiary/aromatic N) is 5. The van der Waals surface area contributed by atoms with Crippen molar-refractivity contribution in [1.82, 2.24) is 24.3 Å². The second-order valence-electron chi connectivity index (χ2n) is 9.19. The summed E-state index contributed by atoms with van der Waals surface area (Å²) in [6.45, 7) is 4.97.